The van der Waals surface area contributed by atoms with Crippen LogP contribution in [0.5, 0.6) is 11.8 Å². The van der Waals surface area contributed by atoms with Gasteiger partial charge in [0.2, 0.25) is 17.6 Å². The Morgan fingerprint density at radius 1 is 0.804 bits per heavy atom. The highest BCUT2D eigenvalue weighted by Crippen LogP contribution is 2.41. The molecule has 0 radical (unpaired) electrons. The van der Waals surface area contributed by atoms with E-state index in [1.54, 1.807) is 12.1 Å². The minimum atomic E-state index is -0.576. The fourth-order valence-electron chi connectivity index (χ4n) is 5.84. The van der Waals surface area contributed by atoms with Crippen molar-refractivity contribution in [3.8, 4) is 11.8 Å². The van der Waals surface area contributed by atoms with Crippen LogP contribution in [0.4, 0.5) is 43.4 Å². The van der Waals surface area contributed by atoms with Crippen molar-refractivity contribution < 1.29 is 23.2 Å². The summed E-state index contributed by atoms with van der Waals surface area (Å²) in [7, 11) is 3.01. The van der Waals surface area contributed by atoms with Gasteiger partial charge in [0.1, 0.15) is 29.1 Å². The summed E-state index contributed by atoms with van der Waals surface area (Å²) in [5, 5.41) is 10.9. The highest BCUT2D eigenvalue weighted by atomic mass is 19.1. The van der Waals surface area contributed by atoms with Gasteiger partial charge in [0.15, 0.2) is 0 Å². The van der Waals surface area contributed by atoms with Crippen molar-refractivity contribution in [2.75, 3.05) is 54.3 Å². The standard InChI is InChI=1S/C15H16FN5O3.C15H18FN5O/c1-24-15-10(7-9(16)8-18-15)11-3-2-6-20(11)13-5-4-12(21(22)23)14(17)19-13;1-22-15-10(7-9(16)8-19-15)12-3-2-6-21(12)13-5-4-11(17)14(18)20-13/h4-5,7-8,11H,2-3,6H2,1H3,(H2,17,19);4-5,7-8,12H,2-3,6,17H2,1H3,(H2,18,20). The molecule has 2 fully saturated rings. The Hall–Kier alpha value is -5.54. The number of nitro groups is 1. The SMILES string of the molecule is COc1ncc(F)cc1C1CCCN1c1ccc(N)c(N)n1.COc1ncc(F)cc1C1CCCN1c1ccc([N+](=O)[O-])c(N)n1. The number of anilines is 5. The van der Waals surface area contributed by atoms with Crippen LogP contribution < -0.4 is 36.5 Å². The predicted molar refractivity (Wildman–Crippen MR) is 169 cm³/mol. The maximum absolute atomic E-state index is 13.6. The van der Waals surface area contributed by atoms with E-state index >= 15 is 0 Å². The maximum atomic E-state index is 13.6. The number of halogens is 2. The van der Waals surface area contributed by atoms with Crippen LogP contribution in [-0.4, -0.2) is 52.2 Å². The van der Waals surface area contributed by atoms with E-state index in [9.17, 15) is 18.9 Å². The maximum Gasteiger partial charge on any atom is 0.311 e. The second-order valence-electron chi connectivity index (χ2n) is 10.7. The molecular weight excluding hydrogens is 602 g/mol. The summed E-state index contributed by atoms with van der Waals surface area (Å²) in [6.45, 7) is 1.48. The number of pyridine rings is 4. The molecule has 14 nitrogen and oxygen atoms in total. The molecule has 4 aromatic rings. The minimum absolute atomic E-state index is 0.0475. The molecule has 4 aromatic heterocycles. The summed E-state index contributed by atoms with van der Waals surface area (Å²) < 4.78 is 37.7. The molecule has 0 aromatic carbocycles. The summed E-state index contributed by atoms with van der Waals surface area (Å²) in [6, 6.07) is 9.06. The third kappa shape index (κ3) is 6.60. The number of hydrogen-bond donors (Lipinski definition) is 3. The van der Waals surface area contributed by atoms with Gasteiger partial charge in [0.25, 0.3) is 0 Å². The van der Waals surface area contributed by atoms with Gasteiger partial charge in [-0.15, -0.1) is 0 Å². The Kier molecular flexibility index (Phi) is 9.44. The largest absolute Gasteiger partial charge is 0.481 e. The molecule has 46 heavy (non-hydrogen) atoms. The Morgan fingerprint density at radius 3 is 1.72 bits per heavy atom. The Labute approximate surface area is 263 Å². The van der Waals surface area contributed by atoms with Gasteiger partial charge in [0, 0.05) is 30.3 Å². The highest BCUT2D eigenvalue weighted by Gasteiger charge is 2.32. The van der Waals surface area contributed by atoms with Gasteiger partial charge in [-0.1, -0.05) is 0 Å². The normalized spacial score (nSPS) is 17.4. The molecule has 6 N–H and O–H groups in total. The molecule has 2 unspecified atom stereocenters. The van der Waals surface area contributed by atoms with Crippen LogP contribution in [0.15, 0.2) is 48.8 Å². The molecule has 6 heterocycles. The first-order chi connectivity index (χ1) is 22.1. The summed E-state index contributed by atoms with van der Waals surface area (Å²) in [5.41, 5.74) is 18.7. The van der Waals surface area contributed by atoms with Crippen LogP contribution in [0, 0.1) is 21.7 Å². The van der Waals surface area contributed by atoms with Gasteiger partial charge in [0.05, 0.1) is 49.3 Å². The van der Waals surface area contributed by atoms with Crippen LogP contribution in [0.1, 0.15) is 48.9 Å². The van der Waals surface area contributed by atoms with E-state index in [1.165, 1.54) is 32.4 Å². The van der Waals surface area contributed by atoms with Crippen molar-refractivity contribution >= 4 is 34.6 Å². The molecule has 0 amide bonds. The van der Waals surface area contributed by atoms with Crippen molar-refractivity contribution in [2.45, 2.75) is 37.8 Å². The van der Waals surface area contributed by atoms with E-state index in [0.717, 1.165) is 56.0 Å². The van der Waals surface area contributed by atoms with Crippen molar-refractivity contribution in [3.63, 3.8) is 0 Å². The molecule has 2 aliphatic heterocycles. The molecule has 16 heteroatoms. The summed E-state index contributed by atoms with van der Waals surface area (Å²) in [5.74, 6) is 1.33. The van der Waals surface area contributed by atoms with Crippen molar-refractivity contribution in [2.24, 2.45) is 0 Å². The molecule has 0 saturated carbocycles. The molecule has 0 spiro atoms. The number of methoxy groups -OCH3 is 2. The van der Waals surface area contributed by atoms with Gasteiger partial charge < -0.3 is 36.5 Å². The fraction of sp³-hybridized carbons (Fsp3) is 0.333. The first-order valence-electron chi connectivity index (χ1n) is 14.5. The summed E-state index contributed by atoms with van der Waals surface area (Å²) in [4.78, 5) is 30.7. The van der Waals surface area contributed by atoms with Gasteiger partial charge in [-0.2, -0.15) is 0 Å². The highest BCUT2D eigenvalue weighted by molar-refractivity contribution is 5.63. The fourth-order valence-corrected chi connectivity index (χ4v) is 5.84. The van der Waals surface area contributed by atoms with Crippen LogP contribution in [0.25, 0.3) is 0 Å². The quantitative estimate of drug-likeness (QED) is 0.188. The Balaban J connectivity index is 0.000000182. The van der Waals surface area contributed by atoms with Crippen molar-refractivity contribution in [3.05, 3.63) is 81.7 Å². The topological polar surface area (TPSA) is 198 Å². The van der Waals surface area contributed by atoms with Gasteiger partial charge in [-0.3, -0.25) is 10.1 Å². The van der Waals surface area contributed by atoms with E-state index in [4.69, 9.17) is 26.7 Å². The lowest BCUT2D eigenvalue weighted by atomic mass is 10.1. The first kappa shape index (κ1) is 31.9. The molecular formula is C30H34F2N10O4. The van der Waals surface area contributed by atoms with E-state index in [0.29, 0.717) is 41.2 Å². The monoisotopic (exact) mass is 636 g/mol. The molecule has 2 saturated heterocycles. The third-order valence-electron chi connectivity index (χ3n) is 7.92. The number of aromatic nitrogens is 4. The first-order valence-corrected chi connectivity index (χ1v) is 14.5. The second kappa shape index (κ2) is 13.6. The van der Waals surface area contributed by atoms with Gasteiger partial charge >= 0.3 is 5.69 Å². The molecule has 0 aliphatic carbocycles. The average Bonchev–Trinajstić information content (AvgIpc) is 3.73. The van der Waals surface area contributed by atoms with E-state index in [2.05, 4.69) is 24.8 Å². The lowest BCUT2D eigenvalue weighted by Crippen LogP contribution is -2.24. The van der Waals surface area contributed by atoms with Gasteiger partial charge in [-0.25, -0.2) is 28.7 Å². The number of nitrogens with zero attached hydrogens (tertiary/aromatic N) is 7. The minimum Gasteiger partial charge on any atom is -0.481 e. The molecule has 2 aliphatic rings. The molecule has 0 bridgehead atoms. The number of ether oxygens (including phenoxy) is 2. The van der Waals surface area contributed by atoms with E-state index < -0.39 is 10.7 Å². The van der Waals surface area contributed by atoms with Crippen LogP contribution >= 0.6 is 0 Å². The average molecular weight is 637 g/mol. The summed E-state index contributed by atoms with van der Waals surface area (Å²) in [6.07, 6.45) is 5.72. The van der Waals surface area contributed by atoms with Crippen molar-refractivity contribution in [1.82, 2.24) is 19.9 Å². The molecule has 242 valence electrons. The number of nitrogens with two attached hydrogens (primary N) is 3. The lowest BCUT2D eigenvalue weighted by Gasteiger charge is -2.27. The number of nitrogen functional groups attached to an aromatic ring is 3. The number of rotatable bonds is 7. The van der Waals surface area contributed by atoms with Gasteiger partial charge in [-0.05, 0) is 56.0 Å². The number of hydrogen-bond acceptors (Lipinski definition) is 13. The van der Waals surface area contributed by atoms with E-state index in [1.807, 2.05) is 11.0 Å². The lowest BCUT2D eigenvalue weighted by molar-refractivity contribution is -0.384. The van der Waals surface area contributed by atoms with Crippen LogP contribution in [0.2, 0.25) is 0 Å². The van der Waals surface area contributed by atoms with Crippen LogP contribution in [-0.2, 0) is 0 Å². The molecule has 6 rings (SSSR count). The van der Waals surface area contributed by atoms with Crippen LogP contribution in [0.3, 0.4) is 0 Å². The van der Waals surface area contributed by atoms with Crippen molar-refractivity contribution in [1.29, 1.82) is 0 Å². The third-order valence-corrected chi connectivity index (χ3v) is 7.92. The summed E-state index contributed by atoms with van der Waals surface area (Å²) >= 11 is 0. The predicted octanol–water partition coefficient (Wildman–Crippen LogP) is 4.59. The zero-order chi connectivity index (χ0) is 33.0. The zero-order valence-corrected chi connectivity index (χ0v) is 25.3. The van der Waals surface area contributed by atoms with E-state index in [-0.39, 0.29) is 29.4 Å². The zero-order valence-electron chi connectivity index (χ0n) is 25.3. The smallest absolute Gasteiger partial charge is 0.311 e. The Bertz CT molecular complexity index is 1730. The second-order valence-corrected chi connectivity index (χ2v) is 10.7. The molecule has 2 atom stereocenters. The Morgan fingerprint density at radius 2 is 1.28 bits per heavy atom.